The minimum absolute atomic E-state index is 0.0227. The molecular formula is C15H20F2N2O. The van der Waals surface area contributed by atoms with Crippen molar-refractivity contribution in [1.82, 2.24) is 4.90 Å². The van der Waals surface area contributed by atoms with Gasteiger partial charge in [-0.15, -0.1) is 0 Å². The Morgan fingerprint density at radius 1 is 1.30 bits per heavy atom. The standard InChI is InChI=1S/C15H20F2N2O/c1-10-5-11(2)8-19(7-10)9-15(20)18-14-4-3-12(16)6-13(14)17/h3-4,6,10-11H,5,7-9H2,1-2H3,(H,18,20). The molecule has 0 saturated carbocycles. The van der Waals surface area contributed by atoms with E-state index in [-0.39, 0.29) is 18.1 Å². The van der Waals surface area contributed by atoms with E-state index in [0.29, 0.717) is 11.8 Å². The zero-order valence-electron chi connectivity index (χ0n) is 11.8. The summed E-state index contributed by atoms with van der Waals surface area (Å²) >= 11 is 0. The summed E-state index contributed by atoms with van der Waals surface area (Å²) in [4.78, 5) is 14.0. The van der Waals surface area contributed by atoms with Gasteiger partial charge < -0.3 is 5.32 Å². The number of nitrogens with one attached hydrogen (secondary N) is 1. The molecule has 110 valence electrons. The lowest BCUT2D eigenvalue weighted by Gasteiger charge is -2.34. The third-order valence-electron chi connectivity index (χ3n) is 3.52. The summed E-state index contributed by atoms with van der Waals surface area (Å²) in [5, 5.41) is 2.49. The molecule has 0 spiro atoms. The maximum Gasteiger partial charge on any atom is 0.238 e. The molecule has 0 bridgehead atoms. The van der Waals surface area contributed by atoms with Crippen molar-refractivity contribution in [1.29, 1.82) is 0 Å². The highest BCUT2D eigenvalue weighted by Crippen LogP contribution is 2.21. The van der Waals surface area contributed by atoms with Crippen LogP contribution in [0.1, 0.15) is 20.3 Å². The molecule has 0 aliphatic carbocycles. The second-order valence-corrected chi connectivity index (χ2v) is 5.81. The van der Waals surface area contributed by atoms with Crippen LogP contribution >= 0.6 is 0 Å². The van der Waals surface area contributed by atoms with Crippen LogP contribution in [0.25, 0.3) is 0 Å². The molecule has 0 aromatic heterocycles. The average molecular weight is 282 g/mol. The van der Waals surface area contributed by atoms with E-state index in [0.717, 1.165) is 25.2 Å². The number of hydrogen-bond donors (Lipinski definition) is 1. The highest BCUT2D eigenvalue weighted by Gasteiger charge is 2.23. The fourth-order valence-corrected chi connectivity index (χ4v) is 2.90. The largest absolute Gasteiger partial charge is 0.322 e. The fourth-order valence-electron chi connectivity index (χ4n) is 2.90. The lowest BCUT2D eigenvalue weighted by Crippen LogP contribution is -2.42. The Kier molecular flexibility index (Phi) is 4.70. The number of carbonyl (C=O) groups excluding carboxylic acids is 1. The first-order chi connectivity index (χ1) is 9.44. The topological polar surface area (TPSA) is 32.3 Å². The van der Waals surface area contributed by atoms with Crippen LogP contribution in [0.2, 0.25) is 0 Å². The van der Waals surface area contributed by atoms with Gasteiger partial charge in [0.25, 0.3) is 0 Å². The normalized spacial score (nSPS) is 23.6. The number of halogens is 2. The van der Waals surface area contributed by atoms with Gasteiger partial charge in [0.05, 0.1) is 12.2 Å². The first kappa shape index (κ1) is 14.9. The molecule has 20 heavy (non-hydrogen) atoms. The molecule has 1 amide bonds. The SMILES string of the molecule is CC1CC(C)CN(CC(=O)Nc2ccc(F)cc2F)C1. The molecular weight excluding hydrogens is 262 g/mol. The Balaban J connectivity index is 1.92. The smallest absolute Gasteiger partial charge is 0.238 e. The number of benzene rings is 1. The van der Waals surface area contributed by atoms with E-state index < -0.39 is 11.6 Å². The second kappa shape index (κ2) is 6.31. The van der Waals surface area contributed by atoms with Crippen LogP contribution in [-0.4, -0.2) is 30.4 Å². The van der Waals surface area contributed by atoms with Crippen LogP contribution in [0.4, 0.5) is 14.5 Å². The fraction of sp³-hybridized carbons (Fsp3) is 0.533. The van der Waals surface area contributed by atoms with Crippen LogP contribution < -0.4 is 5.32 Å². The van der Waals surface area contributed by atoms with Crippen molar-refractivity contribution in [3.63, 3.8) is 0 Å². The van der Waals surface area contributed by atoms with Gasteiger partial charge in [0.15, 0.2) is 0 Å². The molecule has 2 rings (SSSR count). The van der Waals surface area contributed by atoms with E-state index in [4.69, 9.17) is 0 Å². The highest BCUT2D eigenvalue weighted by atomic mass is 19.1. The van der Waals surface area contributed by atoms with Crippen LogP contribution in [0, 0.1) is 23.5 Å². The predicted molar refractivity (Wildman–Crippen MR) is 74.4 cm³/mol. The van der Waals surface area contributed by atoms with Crippen molar-refractivity contribution in [2.45, 2.75) is 20.3 Å². The number of nitrogens with zero attached hydrogens (tertiary/aromatic N) is 1. The zero-order valence-corrected chi connectivity index (χ0v) is 11.8. The first-order valence-electron chi connectivity index (χ1n) is 6.91. The van der Waals surface area contributed by atoms with Crippen molar-refractivity contribution < 1.29 is 13.6 Å². The van der Waals surface area contributed by atoms with E-state index in [1.807, 2.05) is 0 Å². The minimum atomic E-state index is -0.751. The molecule has 1 aromatic carbocycles. The van der Waals surface area contributed by atoms with Crippen LogP contribution in [0.15, 0.2) is 18.2 Å². The summed E-state index contributed by atoms with van der Waals surface area (Å²) in [7, 11) is 0. The van der Waals surface area contributed by atoms with Gasteiger partial charge in [-0.1, -0.05) is 13.8 Å². The second-order valence-electron chi connectivity index (χ2n) is 5.81. The molecule has 1 saturated heterocycles. The summed E-state index contributed by atoms with van der Waals surface area (Å²) in [5.41, 5.74) is 0.0227. The number of rotatable bonds is 3. The number of amides is 1. The van der Waals surface area contributed by atoms with Gasteiger partial charge >= 0.3 is 0 Å². The Labute approximate surface area is 118 Å². The Morgan fingerprint density at radius 2 is 1.95 bits per heavy atom. The van der Waals surface area contributed by atoms with E-state index in [2.05, 4.69) is 24.1 Å². The van der Waals surface area contributed by atoms with Crippen LogP contribution in [-0.2, 0) is 4.79 Å². The molecule has 1 N–H and O–H groups in total. The monoisotopic (exact) mass is 282 g/mol. The Morgan fingerprint density at radius 3 is 2.55 bits per heavy atom. The van der Waals surface area contributed by atoms with Gasteiger partial charge in [-0.2, -0.15) is 0 Å². The number of anilines is 1. The van der Waals surface area contributed by atoms with Gasteiger partial charge in [0, 0.05) is 19.2 Å². The van der Waals surface area contributed by atoms with Gasteiger partial charge in [-0.3, -0.25) is 9.69 Å². The number of carbonyl (C=O) groups is 1. The minimum Gasteiger partial charge on any atom is -0.322 e. The van der Waals surface area contributed by atoms with Crippen molar-refractivity contribution in [2.75, 3.05) is 25.0 Å². The lowest BCUT2D eigenvalue weighted by molar-refractivity contribution is -0.117. The maximum absolute atomic E-state index is 13.4. The molecule has 2 atom stereocenters. The van der Waals surface area contributed by atoms with E-state index in [1.54, 1.807) is 0 Å². The summed E-state index contributed by atoms with van der Waals surface area (Å²) in [5.74, 6) is -0.544. The van der Waals surface area contributed by atoms with Gasteiger partial charge in [-0.05, 0) is 30.4 Å². The Hall–Kier alpha value is -1.49. The van der Waals surface area contributed by atoms with E-state index >= 15 is 0 Å². The number of likely N-dealkylation sites (tertiary alicyclic amines) is 1. The number of hydrogen-bond acceptors (Lipinski definition) is 2. The van der Waals surface area contributed by atoms with Crippen molar-refractivity contribution in [2.24, 2.45) is 11.8 Å². The molecule has 1 aliphatic heterocycles. The molecule has 3 nitrogen and oxygen atoms in total. The number of piperidine rings is 1. The molecule has 1 aliphatic rings. The summed E-state index contributed by atoms with van der Waals surface area (Å²) in [6.45, 7) is 6.33. The third-order valence-corrected chi connectivity index (χ3v) is 3.52. The van der Waals surface area contributed by atoms with Crippen molar-refractivity contribution in [3.8, 4) is 0 Å². The molecule has 0 radical (unpaired) electrons. The van der Waals surface area contributed by atoms with Crippen LogP contribution in [0.5, 0.6) is 0 Å². The molecule has 1 aromatic rings. The summed E-state index contributed by atoms with van der Waals surface area (Å²) in [6, 6.07) is 3.13. The maximum atomic E-state index is 13.4. The third kappa shape index (κ3) is 4.00. The van der Waals surface area contributed by atoms with Gasteiger partial charge in [0.1, 0.15) is 11.6 Å². The quantitative estimate of drug-likeness (QED) is 0.924. The highest BCUT2D eigenvalue weighted by molar-refractivity contribution is 5.92. The van der Waals surface area contributed by atoms with Crippen molar-refractivity contribution >= 4 is 11.6 Å². The summed E-state index contributed by atoms with van der Waals surface area (Å²) in [6.07, 6.45) is 1.17. The predicted octanol–water partition coefficient (Wildman–Crippen LogP) is 2.88. The van der Waals surface area contributed by atoms with E-state index in [9.17, 15) is 13.6 Å². The first-order valence-corrected chi connectivity index (χ1v) is 6.91. The molecule has 1 fully saturated rings. The average Bonchev–Trinajstić information content (AvgIpc) is 2.31. The van der Waals surface area contributed by atoms with Gasteiger partial charge in [0.2, 0.25) is 5.91 Å². The molecule has 1 heterocycles. The molecule has 5 heteroatoms. The Bertz CT molecular complexity index is 483. The summed E-state index contributed by atoms with van der Waals surface area (Å²) < 4.78 is 26.2. The molecule has 2 unspecified atom stereocenters. The van der Waals surface area contributed by atoms with Gasteiger partial charge in [-0.25, -0.2) is 8.78 Å². The zero-order chi connectivity index (χ0) is 14.7. The van der Waals surface area contributed by atoms with Crippen molar-refractivity contribution in [3.05, 3.63) is 29.8 Å². The lowest BCUT2D eigenvalue weighted by atomic mass is 9.92. The van der Waals surface area contributed by atoms with Crippen LogP contribution in [0.3, 0.4) is 0 Å². The van der Waals surface area contributed by atoms with E-state index in [1.165, 1.54) is 12.5 Å².